The first-order valence-electron chi connectivity index (χ1n) is 20.9. The van der Waals surface area contributed by atoms with Crippen LogP contribution in [-0.2, 0) is 28.7 Å². The largest absolute Gasteiger partial charge is 0.462 e. The minimum absolute atomic E-state index is 0.0624. The fourth-order valence-corrected chi connectivity index (χ4v) is 6.24. The van der Waals surface area contributed by atoms with Gasteiger partial charge in [0.1, 0.15) is 18.2 Å². The molecular weight excluding hydrogens is 616 g/mol. The van der Waals surface area contributed by atoms with Crippen molar-refractivity contribution >= 4 is 23.5 Å². The highest BCUT2D eigenvalue weighted by atomic mass is 16.6. The van der Waals surface area contributed by atoms with E-state index in [9.17, 15) is 24.3 Å². The minimum atomic E-state index is -0.822. The van der Waals surface area contributed by atoms with E-state index >= 15 is 0 Å². The molecule has 0 amide bonds. The Balaban J connectivity index is 3.63. The molecular formula is C42H78O7. The number of aliphatic hydroxyl groups excluding tert-OH is 1. The highest BCUT2D eigenvalue weighted by Gasteiger charge is 2.16. The van der Waals surface area contributed by atoms with Crippen LogP contribution in [-0.4, -0.2) is 47.9 Å². The van der Waals surface area contributed by atoms with Gasteiger partial charge in [-0.05, 0) is 25.7 Å². The van der Waals surface area contributed by atoms with Gasteiger partial charge in [-0.3, -0.25) is 19.2 Å². The van der Waals surface area contributed by atoms with Crippen LogP contribution in [0, 0.1) is 0 Å². The molecule has 0 aliphatic carbocycles. The second-order valence-corrected chi connectivity index (χ2v) is 14.4. The van der Waals surface area contributed by atoms with Crippen molar-refractivity contribution in [3.05, 3.63) is 0 Å². The Morgan fingerprint density at radius 2 is 0.735 bits per heavy atom. The quantitative estimate of drug-likeness (QED) is 0.0387. The summed E-state index contributed by atoms with van der Waals surface area (Å²) in [7, 11) is 0. The number of ether oxygens (including phenoxy) is 2. The average Bonchev–Trinajstić information content (AvgIpc) is 3.09. The molecule has 0 rings (SSSR count). The van der Waals surface area contributed by atoms with Gasteiger partial charge in [0, 0.05) is 25.7 Å². The number of ketones is 2. The molecule has 0 fully saturated rings. The van der Waals surface area contributed by atoms with Crippen molar-refractivity contribution in [2.45, 2.75) is 232 Å². The van der Waals surface area contributed by atoms with Crippen molar-refractivity contribution < 1.29 is 33.8 Å². The highest BCUT2D eigenvalue weighted by Crippen LogP contribution is 2.15. The zero-order valence-electron chi connectivity index (χ0n) is 32.2. The summed E-state index contributed by atoms with van der Waals surface area (Å²) in [5, 5.41) is 9.55. The fraction of sp³-hybridized carbons (Fsp3) is 0.905. The minimum Gasteiger partial charge on any atom is -0.462 e. The maximum atomic E-state index is 12.2. The number of hydrogen-bond acceptors (Lipinski definition) is 7. The lowest BCUT2D eigenvalue weighted by Crippen LogP contribution is -2.28. The van der Waals surface area contributed by atoms with Crippen LogP contribution in [0.2, 0.25) is 0 Å². The number of carbonyl (C=O) groups is 4. The van der Waals surface area contributed by atoms with Crippen molar-refractivity contribution in [3.63, 3.8) is 0 Å². The second-order valence-electron chi connectivity index (χ2n) is 14.4. The third-order valence-corrected chi connectivity index (χ3v) is 9.46. The molecule has 0 saturated carbocycles. The van der Waals surface area contributed by atoms with Crippen LogP contribution < -0.4 is 0 Å². The summed E-state index contributed by atoms with van der Waals surface area (Å²) >= 11 is 0. The third-order valence-electron chi connectivity index (χ3n) is 9.46. The van der Waals surface area contributed by atoms with E-state index in [0.717, 1.165) is 64.2 Å². The van der Waals surface area contributed by atoms with Crippen LogP contribution in [0.15, 0.2) is 0 Å². The van der Waals surface area contributed by atoms with Crippen LogP contribution in [0.5, 0.6) is 0 Å². The molecule has 0 spiro atoms. The van der Waals surface area contributed by atoms with Crippen molar-refractivity contribution in [2.24, 2.45) is 0 Å². The molecule has 0 aromatic rings. The average molecular weight is 695 g/mol. The fourth-order valence-electron chi connectivity index (χ4n) is 6.24. The zero-order chi connectivity index (χ0) is 36.0. The predicted molar refractivity (Wildman–Crippen MR) is 202 cm³/mol. The molecule has 0 unspecified atom stereocenters. The van der Waals surface area contributed by atoms with Crippen molar-refractivity contribution in [2.75, 3.05) is 13.2 Å². The summed E-state index contributed by atoms with van der Waals surface area (Å²) in [6.45, 7) is 4.00. The van der Waals surface area contributed by atoms with Gasteiger partial charge in [0.25, 0.3) is 0 Å². The topological polar surface area (TPSA) is 107 Å². The second kappa shape index (κ2) is 37.5. The number of rotatable bonds is 39. The lowest BCUT2D eigenvalue weighted by atomic mass is 10.0. The molecule has 1 atom stereocenters. The highest BCUT2D eigenvalue weighted by molar-refractivity contribution is 5.98. The molecule has 49 heavy (non-hydrogen) atoms. The molecule has 1 N–H and O–H groups in total. The van der Waals surface area contributed by atoms with E-state index in [1.165, 1.54) is 109 Å². The van der Waals surface area contributed by atoms with Gasteiger partial charge in [-0.25, -0.2) is 0 Å². The van der Waals surface area contributed by atoms with E-state index in [1.807, 2.05) is 0 Å². The number of carbonyl (C=O) groups excluding carboxylic acids is 4. The first-order chi connectivity index (χ1) is 23.9. The van der Waals surface area contributed by atoms with E-state index in [2.05, 4.69) is 13.8 Å². The Morgan fingerprint density at radius 3 is 1.08 bits per heavy atom. The van der Waals surface area contributed by atoms with E-state index in [-0.39, 0.29) is 49.6 Å². The summed E-state index contributed by atoms with van der Waals surface area (Å²) in [6.07, 6.45) is 33.4. The summed E-state index contributed by atoms with van der Waals surface area (Å²) in [6, 6.07) is 0. The smallest absolute Gasteiger partial charge is 0.306 e. The molecule has 0 bridgehead atoms. The normalized spacial score (nSPS) is 11.8. The maximum Gasteiger partial charge on any atom is 0.306 e. The lowest BCUT2D eigenvalue weighted by molar-refractivity contribution is -0.161. The number of esters is 2. The molecule has 288 valence electrons. The van der Waals surface area contributed by atoms with Gasteiger partial charge in [-0.1, -0.05) is 168 Å². The van der Waals surface area contributed by atoms with Crippen LogP contribution in [0.3, 0.4) is 0 Å². The lowest BCUT2D eigenvalue weighted by Gasteiger charge is -2.15. The first-order valence-corrected chi connectivity index (χ1v) is 20.9. The Labute approximate surface area is 301 Å². The Hall–Kier alpha value is -1.76. The number of aliphatic hydroxyl groups is 1. The van der Waals surface area contributed by atoms with Crippen LogP contribution in [0.4, 0.5) is 0 Å². The molecule has 0 aliphatic rings. The zero-order valence-corrected chi connectivity index (χ0v) is 32.2. The Morgan fingerprint density at radius 1 is 0.429 bits per heavy atom. The third kappa shape index (κ3) is 35.9. The molecule has 0 radical (unpaired) electrons. The van der Waals surface area contributed by atoms with E-state index in [1.54, 1.807) is 0 Å². The van der Waals surface area contributed by atoms with E-state index in [0.29, 0.717) is 25.7 Å². The van der Waals surface area contributed by atoms with E-state index < -0.39 is 6.10 Å². The van der Waals surface area contributed by atoms with Crippen molar-refractivity contribution in [1.82, 2.24) is 0 Å². The van der Waals surface area contributed by atoms with Crippen molar-refractivity contribution in [3.8, 4) is 0 Å². The predicted octanol–water partition coefficient (Wildman–Crippen LogP) is 11.5. The Kier molecular flexibility index (Phi) is 36.1. The monoisotopic (exact) mass is 695 g/mol. The van der Waals surface area contributed by atoms with Crippen LogP contribution in [0.25, 0.3) is 0 Å². The molecule has 0 saturated heterocycles. The first kappa shape index (κ1) is 47.2. The SMILES string of the molecule is CCCCCCCCCCCCCCCC(=O)OC[C@H](CO)OC(=O)CCCCCCCCC(=O)CC(=O)CCCCCCCCCCC. The van der Waals surface area contributed by atoms with Gasteiger partial charge >= 0.3 is 11.9 Å². The number of Topliss-reactive ketones (excluding diaryl/α,β-unsaturated/α-hetero) is 2. The summed E-state index contributed by atoms with van der Waals surface area (Å²) in [5.74, 6) is -0.539. The molecule has 7 heteroatoms. The summed E-state index contributed by atoms with van der Waals surface area (Å²) in [5.41, 5.74) is 0. The summed E-state index contributed by atoms with van der Waals surface area (Å²) < 4.78 is 10.5. The van der Waals surface area contributed by atoms with Crippen LogP contribution in [0.1, 0.15) is 226 Å². The van der Waals surface area contributed by atoms with E-state index in [4.69, 9.17) is 9.47 Å². The summed E-state index contributed by atoms with van der Waals surface area (Å²) in [4.78, 5) is 48.5. The van der Waals surface area contributed by atoms with Gasteiger partial charge in [-0.15, -0.1) is 0 Å². The molecule has 0 heterocycles. The molecule has 0 aromatic carbocycles. The van der Waals surface area contributed by atoms with Gasteiger partial charge in [-0.2, -0.15) is 0 Å². The molecule has 7 nitrogen and oxygen atoms in total. The van der Waals surface area contributed by atoms with Crippen molar-refractivity contribution in [1.29, 1.82) is 0 Å². The standard InChI is InChI=1S/C42H78O7/c1-3-5-7-9-11-13-14-15-16-18-20-25-29-33-41(46)48-37-40(36-43)49-42(47)34-30-26-22-21-24-28-32-39(45)35-38(44)31-27-23-19-17-12-10-8-6-4-2/h40,43H,3-37H2,1-2H3/t40-/m0/s1. The number of unbranched alkanes of at least 4 members (excludes halogenated alkanes) is 25. The van der Waals surface area contributed by atoms with Gasteiger partial charge < -0.3 is 14.6 Å². The van der Waals surface area contributed by atoms with Gasteiger partial charge in [0.05, 0.1) is 13.0 Å². The Bertz CT molecular complexity index is 781. The van der Waals surface area contributed by atoms with Gasteiger partial charge in [0.2, 0.25) is 0 Å². The molecule has 0 aliphatic heterocycles. The molecule has 0 aromatic heterocycles. The van der Waals surface area contributed by atoms with Crippen LogP contribution >= 0.6 is 0 Å². The maximum absolute atomic E-state index is 12.2. The number of hydrogen-bond donors (Lipinski definition) is 1. The van der Waals surface area contributed by atoms with Gasteiger partial charge in [0.15, 0.2) is 6.10 Å².